The number of carboxylic acids is 1. The minimum atomic E-state index is -0.998. The number of rotatable bonds is 7. The van der Waals surface area contributed by atoms with Gasteiger partial charge in [-0.25, -0.2) is 14.6 Å². The molecule has 1 aliphatic rings. The SMILES string of the molecule is Cc1cc(C(C)Nc2ccccc2C(=O)O)nc(N2C(=O)OC[C@@H]2Cc2ccccc2)c1. The van der Waals surface area contributed by atoms with Gasteiger partial charge in [-0.3, -0.25) is 4.90 Å². The van der Waals surface area contributed by atoms with Crippen LogP contribution >= 0.6 is 0 Å². The van der Waals surface area contributed by atoms with Crippen LogP contribution in [0.2, 0.25) is 0 Å². The van der Waals surface area contributed by atoms with E-state index in [9.17, 15) is 14.7 Å². The summed E-state index contributed by atoms with van der Waals surface area (Å²) < 4.78 is 5.35. The molecule has 0 bridgehead atoms. The van der Waals surface area contributed by atoms with E-state index in [1.54, 1.807) is 29.2 Å². The highest BCUT2D eigenvalue weighted by Gasteiger charge is 2.35. The number of aromatic carboxylic acids is 1. The van der Waals surface area contributed by atoms with Gasteiger partial charge < -0.3 is 15.2 Å². The number of nitrogens with one attached hydrogen (secondary N) is 1. The first-order valence-electron chi connectivity index (χ1n) is 10.5. The molecule has 7 heteroatoms. The number of cyclic esters (lactones) is 1. The van der Waals surface area contributed by atoms with Gasteiger partial charge in [0.1, 0.15) is 12.4 Å². The van der Waals surface area contributed by atoms with Crippen molar-refractivity contribution in [2.24, 2.45) is 0 Å². The molecule has 1 aliphatic heterocycles. The predicted octanol–water partition coefficient (Wildman–Crippen LogP) is 4.83. The Bertz CT molecular complexity index is 1130. The van der Waals surface area contributed by atoms with E-state index in [2.05, 4.69) is 5.32 Å². The summed E-state index contributed by atoms with van der Waals surface area (Å²) in [5, 5.41) is 12.7. The first-order chi connectivity index (χ1) is 15.4. The van der Waals surface area contributed by atoms with Crippen LogP contribution in [0.3, 0.4) is 0 Å². The molecule has 2 aromatic carbocycles. The molecule has 0 aliphatic carbocycles. The Morgan fingerprint density at radius 3 is 2.66 bits per heavy atom. The van der Waals surface area contributed by atoms with Crippen molar-refractivity contribution in [3.8, 4) is 0 Å². The highest BCUT2D eigenvalue weighted by atomic mass is 16.6. The summed E-state index contributed by atoms with van der Waals surface area (Å²) in [6, 6.07) is 20.1. The van der Waals surface area contributed by atoms with Crippen molar-refractivity contribution in [1.29, 1.82) is 0 Å². The van der Waals surface area contributed by atoms with Crippen LogP contribution in [0.15, 0.2) is 66.7 Å². The molecule has 1 unspecified atom stereocenters. The van der Waals surface area contributed by atoms with Crippen LogP contribution in [-0.2, 0) is 11.2 Å². The van der Waals surface area contributed by atoms with Crippen LogP contribution in [0, 0.1) is 6.92 Å². The number of benzene rings is 2. The molecule has 7 nitrogen and oxygen atoms in total. The van der Waals surface area contributed by atoms with E-state index in [1.165, 1.54) is 0 Å². The lowest BCUT2D eigenvalue weighted by Gasteiger charge is -2.23. The number of hydrogen-bond acceptors (Lipinski definition) is 5. The van der Waals surface area contributed by atoms with E-state index in [4.69, 9.17) is 9.72 Å². The number of hydrogen-bond donors (Lipinski definition) is 2. The Labute approximate surface area is 186 Å². The van der Waals surface area contributed by atoms with E-state index < -0.39 is 12.1 Å². The second-order valence-corrected chi connectivity index (χ2v) is 7.93. The fourth-order valence-corrected chi connectivity index (χ4v) is 3.90. The molecule has 1 amide bonds. The van der Waals surface area contributed by atoms with Gasteiger partial charge in [-0.2, -0.15) is 0 Å². The maximum absolute atomic E-state index is 12.6. The summed E-state index contributed by atoms with van der Waals surface area (Å²) in [7, 11) is 0. The number of ether oxygens (including phenoxy) is 1. The molecular weight excluding hydrogens is 406 g/mol. The summed E-state index contributed by atoms with van der Waals surface area (Å²) in [4.78, 5) is 30.4. The zero-order valence-corrected chi connectivity index (χ0v) is 18.0. The molecule has 2 atom stereocenters. The van der Waals surface area contributed by atoms with Gasteiger partial charge in [0.05, 0.1) is 23.3 Å². The average Bonchev–Trinajstić information content (AvgIpc) is 3.14. The van der Waals surface area contributed by atoms with Gasteiger partial charge in [-0.1, -0.05) is 42.5 Å². The Morgan fingerprint density at radius 1 is 1.19 bits per heavy atom. The highest BCUT2D eigenvalue weighted by molar-refractivity contribution is 5.94. The minimum absolute atomic E-state index is 0.150. The Kier molecular flexibility index (Phi) is 6.07. The molecule has 1 saturated heterocycles. The first kappa shape index (κ1) is 21.4. The smallest absolute Gasteiger partial charge is 0.415 e. The molecule has 164 valence electrons. The number of carboxylic acid groups (broad SMARTS) is 1. The van der Waals surface area contributed by atoms with Gasteiger partial charge in [-0.15, -0.1) is 0 Å². The minimum Gasteiger partial charge on any atom is -0.478 e. The fraction of sp³-hybridized carbons (Fsp3) is 0.240. The lowest BCUT2D eigenvalue weighted by molar-refractivity contribution is 0.0698. The van der Waals surface area contributed by atoms with Gasteiger partial charge >= 0.3 is 12.1 Å². The number of amides is 1. The molecule has 2 N–H and O–H groups in total. The highest BCUT2D eigenvalue weighted by Crippen LogP contribution is 2.28. The molecule has 4 rings (SSSR count). The number of anilines is 2. The van der Waals surface area contributed by atoms with Crippen molar-refractivity contribution in [3.63, 3.8) is 0 Å². The van der Waals surface area contributed by atoms with Gasteiger partial charge in [-0.05, 0) is 55.7 Å². The lowest BCUT2D eigenvalue weighted by Crippen LogP contribution is -2.36. The van der Waals surface area contributed by atoms with E-state index in [0.29, 0.717) is 30.2 Å². The number of aryl methyl sites for hydroxylation is 1. The Hall–Kier alpha value is -3.87. The third kappa shape index (κ3) is 4.56. The van der Waals surface area contributed by atoms with Crippen molar-refractivity contribution in [3.05, 3.63) is 89.1 Å². The summed E-state index contributed by atoms with van der Waals surface area (Å²) >= 11 is 0. The molecule has 0 saturated carbocycles. The molecule has 2 heterocycles. The lowest BCUT2D eigenvalue weighted by atomic mass is 10.1. The summed E-state index contributed by atoms with van der Waals surface area (Å²) in [5.41, 5.74) is 3.48. The fourth-order valence-electron chi connectivity index (χ4n) is 3.90. The number of pyridine rings is 1. The van der Waals surface area contributed by atoms with Crippen molar-refractivity contribution in [2.75, 3.05) is 16.8 Å². The Balaban J connectivity index is 1.60. The van der Waals surface area contributed by atoms with Gasteiger partial charge in [0.25, 0.3) is 0 Å². The Morgan fingerprint density at radius 2 is 1.91 bits per heavy atom. The monoisotopic (exact) mass is 431 g/mol. The molecular formula is C25H25N3O4. The van der Waals surface area contributed by atoms with E-state index in [-0.39, 0.29) is 17.6 Å². The summed E-state index contributed by atoms with van der Waals surface area (Å²) in [6.45, 7) is 4.16. The largest absolute Gasteiger partial charge is 0.478 e. The zero-order valence-electron chi connectivity index (χ0n) is 18.0. The molecule has 1 aromatic heterocycles. The normalized spacial score (nSPS) is 16.5. The number of carbonyl (C=O) groups excluding carboxylic acids is 1. The predicted molar refractivity (Wildman–Crippen MR) is 122 cm³/mol. The van der Waals surface area contributed by atoms with Crippen LogP contribution in [0.1, 0.15) is 40.1 Å². The molecule has 32 heavy (non-hydrogen) atoms. The van der Waals surface area contributed by atoms with Crippen LogP contribution in [0.4, 0.5) is 16.3 Å². The zero-order chi connectivity index (χ0) is 22.7. The molecule has 1 fully saturated rings. The second kappa shape index (κ2) is 9.09. The number of carbonyl (C=O) groups is 2. The maximum Gasteiger partial charge on any atom is 0.415 e. The third-order valence-corrected chi connectivity index (χ3v) is 5.47. The van der Waals surface area contributed by atoms with Gasteiger partial charge in [0, 0.05) is 5.69 Å². The molecule has 3 aromatic rings. The van der Waals surface area contributed by atoms with E-state index in [1.807, 2.05) is 56.3 Å². The molecule has 0 radical (unpaired) electrons. The summed E-state index contributed by atoms with van der Waals surface area (Å²) in [6.07, 6.45) is 0.254. The standard InChI is InChI=1S/C25H25N3O4/c1-16-12-22(17(2)26-21-11-7-6-10-20(21)24(29)30)27-23(13-16)28-19(15-32-25(28)31)14-18-8-4-3-5-9-18/h3-13,17,19,26H,14-15H2,1-2H3,(H,29,30)/t17?,19-/m0/s1. The van der Waals surface area contributed by atoms with E-state index in [0.717, 1.165) is 11.1 Å². The number of aromatic nitrogens is 1. The average molecular weight is 431 g/mol. The van der Waals surface area contributed by atoms with Crippen molar-refractivity contribution >= 4 is 23.6 Å². The van der Waals surface area contributed by atoms with Gasteiger partial charge in [0.15, 0.2) is 0 Å². The topological polar surface area (TPSA) is 91.8 Å². The third-order valence-electron chi connectivity index (χ3n) is 5.47. The van der Waals surface area contributed by atoms with Gasteiger partial charge in [0.2, 0.25) is 0 Å². The van der Waals surface area contributed by atoms with Crippen molar-refractivity contribution < 1.29 is 19.4 Å². The number of nitrogens with zero attached hydrogens (tertiary/aromatic N) is 2. The van der Waals surface area contributed by atoms with Crippen LogP contribution < -0.4 is 10.2 Å². The van der Waals surface area contributed by atoms with Crippen LogP contribution in [0.25, 0.3) is 0 Å². The number of para-hydroxylation sites is 1. The second-order valence-electron chi connectivity index (χ2n) is 7.93. The van der Waals surface area contributed by atoms with E-state index >= 15 is 0 Å². The van der Waals surface area contributed by atoms with Crippen LogP contribution in [0.5, 0.6) is 0 Å². The first-order valence-corrected chi connectivity index (χ1v) is 10.5. The van der Waals surface area contributed by atoms with Crippen LogP contribution in [-0.4, -0.2) is 34.8 Å². The van der Waals surface area contributed by atoms with Crippen molar-refractivity contribution in [1.82, 2.24) is 4.98 Å². The quantitative estimate of drug-likeness (QED) is 0.557. The summed E-state index contributed by atoms with van der Waals surface area (Å²) in [5.74, 6) is -0.467. The van der Waals surface area contributed by atoms with Crippen molar-refractivity contribution in [2.45, 2.75) is 32.4 Å². The molecule has 0 spiro atoms. The maximum atomic E-state index is 12.6.